The third-order valence-electron chi connectivity index (χ3n) is 3.83. The van der Waals surface area contributed by atoms with Gasteiger partial charge in [-0.05, 0) is 6.42 Å². The van der Waals surface area contributed by atoms with E-state index in [-0.39, 0.29) is 36.0 Å². The van der Waals surface area contributed by atoms with Gasteiger partial charge in [0.25, 0.3) is 5.91 Å². The summed E-state index contributed by atoms with van der Waals surface area (Å²) in [4.78, 5) is 24.5. The molecule has 1 atom stereocenters. The van der Waals surface area contributed by atoms with Crippen LogP contribution < -0.4 is 5.32 Å². The molecule has 1 aromatic rings. The average Bonchev–Trinajstić information content (AvgIpc) is 3.19. The Hall–Kier alpha value is -1.79. The molecule has 2 aliphatic rings. The molecule has 1 aromatic heterocycles. The maximum absolute atomic E-state index is 12.4. The van der Waals surface area contributed by atoms with Gasteiger partial charge in [-0.25, -0.2) is 13.4 Å². The minimum Gasteiger partial charge on any atom is -0.295 e. The molecule has 140 valence electrons. The second kappa shape index (κ2) is 7.84. The summed E-state index contributed by atoms with van der Waals surface area (Å²) in [6.45, 7) is 3.63. The molecule has 0 aliphatic carbocycles. The van der Waals surface area contributed by atoms with Crippen LogP contribution in [0.5, 0.6) is 0 Å². The number of nitrogens with one attached hydrogen (secondary N) is 1. The molecule has 0 bridgehead atoms. The lowest BCUT2D eigenvalue weighted by Crippen LogP contribution is -2.42. The number of aromatic nitrogens is 2. The molecule has 1 saturated heterocycles. The highest BCUT2D eigenvalue weighted by molar-refractivity contribution is 8.01. The summed E-state index contributed by atoms with van der Waals surface area (Å²) >= 11 is 2.69. The van der Waals surface area contributed by atoms with Crippen molar-refractivity contribution in [3.63, 3.8) is 0 Å². The Labute approximate surface area is 158 Å². The van der Waals surface area contributed by atoms with E-state index in [9.17, 15) is 18.0 Å². The molecule has 1 N–H and O–H groups in total. The van der Waals surface area contributed by atoms with Gasteiger partial charge in [0.2, 0.25) is 11.0 Å². The number of hydrogen-bond acceptors (Lipinski definition) is 9. The number of nitrogens with zero attached hydrogens (tertiary/aromatic N) is 4. The number of carbonyl (C=O) groups excluding carboxylic acids is 2. The predicted molar refractivity (Wildman–Crippen MR) is 100 cm³/mol. The molecule has 9 nitrogen and oxygen atoms in total. The molecule has 0 spiro atoms. The van der Waals surface area contributed by atoms with E-state index in [4.69, 9.17) is 0 Å². The molecule has 1 fully saturated rings. The highest BCUT2D eigenvalue weighted by Crippen LogP contribution is 2.26. The molecular formula is C14H17N5O4S3. The van der Waals surface area contributed by atoms with Gasteiger partial charge >= 0.3 is 0 Å². The van der Waals surface area contributed by atoms with Gasteiger partial charge in [-0.2, -0.15) is 5.10 Å². The first-order valence-corrected chi connectivity index (χ1v) is 11.5. The van der Waals surface area contributed by atoms with Crippen molar-refractivity contribution in [3.8, 4) is 0 Å². The summed E-state index contributed by atoms with van der Waals surface area (Å²) < 4.78 is 24.0. The first-order valence-electron chi connectivity index (χ1n) is 7.86. The Bertz CT molecular complexity index is 864. The highest BCUT2D eigenvalue weighted by atomic mass is 32.2. The van der Waals surface area contributed by atoms with Gasteiger partial charge in [0.15, 0.2) is 14.2 Å². The second-order valence-corrected chi connectivity index (χ2v) is 10.2. The van der Waals surface area contributed by atoms with Gasteiger partial charge in [-0.3, -0.25) is 14.9 Å². The van der Waals surface area contributed by atoms with Crippen molar-refractivity contribution in [3.05, 3.63) is 12.7 Å². The van der Waals surface area contributed by atoms with Gasteiger partial charge in [-0.1, -0.05) is 29.2 Å². The van der Waals surface area contributed by atoms with Crippen molar-refractivity contribution in [2.75, 3.05) is 22.6 Å². The van der Waals surface area contributed by atoms with E-state index in [0.29, 0.717) is 21.6 Å². The Morgan fingerprint density at radius 1 is 1.42 bits per heavy atom. The zero-order chi connectivity index (χ0) is 18.7. The molecule has 3 rings (SSSR count). The van der Waals surface area contributed by atoms with Crippen LogP contribution in [0.4, 0.5) is 5.13 Å². The lowest BCUT2D eigenvalue weighted by molar-refractivity contribution is -0.133. The van der Waals surface area contributed by atoms with Gasteiger partial charge in [-0.15, -0.1) is 16.8 Å². The lowest BCUT2D eigenvalue weighted by Gasteiger charge is -2.27. The summed E-state index contributed by atoms with van der Waals surface area (Å²) in [7, 11) is -3.15. The standard InChI is InChI=1S/C14H17N5O4S3/c1-2-6-24-14-17-16-13(25-14)15-12(21)10-3-4-11(20)19(18-10)9-5-7-26(22,23)8-9/h2,9H,1,3-8H2,(H,15,16,21)/t9-/m1/s1. The van der Waals surface area contributed by atoms with Crippen molar-refractivity contribution in [2.24, 2.45) is 5.10 Å². The number of thioether (sulfide) groups is 1. The van der Waals surface area contributed by atoms with Gasteiger partial charge in [0.1, 0.15) is 5.71 Å². The van der Waals surface area contributed by atoms with Crippen LogP contribution >= 0.6 is 23.1 Å². The zero-order valence-electron chi connectivity index (χ0n) is 13.8. The number of sulfone groups is 1. The first kappa shape index (κ1) is 19.0. The van der Waals surface area contributed by atoms with Crippen molar-refractivity contribution in [1.82, 2.24) is 15.2 Å². The molecule has 26 heavy (non-hydrogen) atoms. The minimum atomic E-state index is -3.15. The summed E-state index contributed by atoms with van der Waals surface area (Å²) in [5.41, 5.74) is 0.185. The summed E-state index contributed by atoms with van der Waals surface area (Å²) in [6, 6.07) is -0.501. The van der Waals surface area contributed by atoms with Crippen LogP contribution in [0.1, 0.15) is 19.3 Å². The molecule has 0 saturated carbocycles. The number of amides is 2. The van der Waals surface area contributed by atoms with E-state index in [0.717, 1.165) is 5.01 Å². The van der Waals surface area contributed by atoms with Crippen molar-refractivity contribution in [1.29, 1.82) is 0 Å². The van der Waals surface area contributed by atoms with E-state index in [1.54, 1.807) is 6.08 Å². The Morgan fingerprint density at radius 2 is 2.23 bits per heavy atom. The molecular weight excluding hydrogens is 398 g/mol. The van der Waals surface area contributed by atoms with E-state index in [1.807, 2.05) is 0 Å². The average molecular weight is 416 g/mol. The van der Waals surface area contributed by atoms with Crippen LogP contribution in [-0.4, -0.2) is 64.5 Å². The van der Waals surface area contributed by atoms with Crippen LogP contribution in [0.15, 0.2) is 22.1 Å². The Kier molecular flexibility index (Phi) is 5.73. The number of rotatable bonds is 6. The fourth-order valence-electron chi connectivity index (χ4n) is 2.61. The van der Waals surface area contributed by atoms with E-state index in [2.05, 4.69) is 27.2 Å². The quantitative estimate of drug-likeness (QED) is 0.416. The summed E-state index contributed by atoms with van der Waals surface area (Å²) in [6.07, 6.45) is 2.42. The van der Waals surface area contributed by atoms with Crippen LogP contribution in [0, 0.1) is 0 Å². The minimum absolute atomic E-state index is 0.0361. The number of carbonyl (C=O) groups is 2. The molecule has 0 radical (unpaired) electrons. The van der Waals surface area contributed by atoms with Crippen LogP contribution in [0.3, 0.4) is 0 Å². The fraction of sp³-hybridized carbons (Fsp3) is 0.500. The van der Waals surface area contributed by atoms with Crippen molar-refractivity contribution < 1.29 is 18.0 Å². The van der Waals surface area contributed by atoms with Crippen LogP contribution in [0.2, 0.25) is 0 Å². The predicted octanol–water partition coefficient (Wildman–Crippen LogP) is 0.920. The zero-order valence-corrected chi connectivity index (χ0v) is 16.2. The SMILES string of the molecule is C=CCSc1nnc(NC(=O)C2=NN([C@@H]3CCS(=O)(=O)C3)C(=O)CC2)s1. The van der Waals surface area contributed by atoms with Crippen LogP contribution in [0.25, 0.3) is 0 Å². The molecule has 2 aliphatic heterocycles. The van der Waals surface area contributed by atoms with Crippen molar-refractivity contribution >= 4 is 55.6 Å². The second-order valence-electron chi connectivity index (χ2n) is 5.77. The Balaban J connectivity index is 1.68. The van der Waals surface area contributed by atoms with E-state index >= 15 is 0 Å². The van der Waals surface area contributed by atoms with Gasteiger partial charge < -0.3 is 0 Å². The van der Waals surface area contributed by atoms with Crippen molar-refractivity contribution in [2.45, 2.75) is 29.6 Å². The summed E-state index contributed by atoms with van der Waals surface area (Å²) in [5.74, 6) is -0.106. The van der Waals surface area contributed by atoms with E-state index in [1.165, 1.54) is 23.1 Å². The van der Waals surface area contributed by atoms with Crippen LogP contribution in [-0.2, 0) is 19.4 Å². The number of hydrazone groups is 1. The monoisotopic (exact) mass is 415 g/mol. The fourth-order valence-corrected chi connectivity index (χ4v) is 5.81. The molecule has 3 heterocycles. The smallest absolute Gasteiger partial charge is 0.273 e. The topological polar surface area (TPSA) is 122 Å². The molecule has 0 aromatic carbocycles. The number of hydrogen-bond donors (Lipinski definition) is 1. The largest absolute Gasteiger partial charge is 0.295 e. The number of anilines is 1. The maximum atomic E-state index is 12.4. The summed E-state index contributed by atoms with van der Waals surface area (Å²) in [5, 5.41) is 16.1. The lowest BCUT2D eigenvalue weighted by atomic mass is 10.1. The molecule has 12 heteroatoms. The highest BCUT2D eigenvalue weighted by Gasteiger charge is 2.37. The normalized spacial score (nSPS) is 22.2. The molecule has 0 unspecified atom stereocenters. The third-order valence-corrected chi connectivity index (χ3v) is 7.55. The maximum Gasteiger partial charge on any atom is 0.273 e. The van der Waals surface area contributed by atoms with Gasteiger partial charge in [0, 0.05) is 18.6 Å². The third kappa shape index (κ3) is 4.48. The first-order chi connectivity index (χ1) is 12.4. The van der Waals surface area contributed by atoms with E-state index < -0.39 is 21.8 Å². The molecule has 2 amide bonds. The Morgan fingerprint density at radius 3 is 2.92 bits per heavy atom. The van der Waals surface area contributed by atoms with Gasteiger partial charge in [0.05, 0.1) is 17.5 Å².